The highest BCUT2D eigenvalue weighted by atomic mass is 16.5. The van der Waals surface area contributed by atoms with Crippen LogP contribution in [0.15, 0.2) is 22.9 Å². The molecule has 3 rings (SSSR count). The summed E-state index contributed by atoms with van der Waals surface area (Å²) in [7, 11) is 0. The molecule has 1 unspecified atom stereocenters. The van der Waals surface area contributed by atoms with Crippen LogP contribution in [0, 0.1) is 19.8 Å². The third-order valence-corrected chi connectivity index (χ3v) is 4.83. The number of pyridine rings is 1. The number of nitrogens with one attached hydrogen (secondary N) is 1. The number of piperidine rings is 1. The lowest BCUT2D eigenvalue weighted by Gasteiger charge is -2.32. The van der Waals surface area contributed by atoms with E-state index in [2.05, 4.69) is 27.3 Å². The highest BCUT2D eigenvalue weighted by Crippen LogP contribution is 2.24. The number of aryl methyl sites for hydroxylation is 2. The molecule has 0 aliphatic carbocycles. The van der Waals surface area contributed by atoms with Gasteiger partial charge in [-0.1, -0.05) is 12.1 Å². The third-order valence-electron chi connectivity index (χ3n) is 4.83. The summed E-state index contributed by atoms with van der Waals surface area (Å²) in [6.07, 6.45) is 4.85. The van der Waals surface area contributed by atoms with Crippen molar-refractivity contribution in [3.8, 4) is 0 Å². The summed E-state index contributed by atoms with van der Waals surface area (Å²) in [5, 5.41) is 6.96. The fraction of sp³-hybridized carbons (Fsp3) is 0.526. The van der Waals surface area contributed by atoms with E-state index in [-0.39, 0.29) is 5.91 Å². The molecule has 6 nitrogen and oxygen atoms in total. The minimum Gasteiger partial charge on any atom is -0.361 e. The largest absolute Gasteiger partial charge is 0.361 e. The van der Waals surface area contributed by atoms with E-state index in [1.165, 1.54) is 6.42 Å². The van der Waals surface area contributed by atoms with Gasteiger partial charge < -0.3 is 14.7 Å². The molecule has 2 aromatic heterocycles. The standard InChI is InChI=1S/C19H26N4O2/c1-13-6-5-11-23(12-13)18-17(7-4-9-20-18)19(24)21-10-8-16-14(2)22-25-15(16)3/h4,7,9,13H,5-6,8,10-12H2,1-3H3,(H,21,24). The second-order valence-electron chi connectivity index (χ2n) is 6.88. The Kier molecular flexibility index (Phi) is 5.36. The fourth-order valence-corrected chi connectivity index (χ4v) is 3.46. The molecular formula is C19H26N4O2. The van der Waals surface area contributed by atoms with E-state index >= 15 is 0 Å². The van der Waals surface area contributed by atoms with Gasteiger partial charge in [0, 0.05) is 31.4 Å². The second kappa shape index (κ2) is 7.68. The molecule has 1 amide bonds. The number of carbonyl (C=O) groups is 1. The summed E-state index contributed by atoms with van der Waals surface area (Å²) in [6.45, 7) is 8.53. The maximum absolute atomic E-state index is 12.7. The molecule has 0 bridgehead atoms. The van der Waals surface area contributed by atoms with Gasteiger partial charge in [0.1, 0.15) is 11.6 Å². The molecule has 0 radical (unpaired) electrons. The predicted molar refractivity (Wildman–Crippen MR) is 96.9 cm³/mol. The normalized spacial score (nSPS) is 17.6. The number of aromatic nitrogens is 2. The molecule has 1 fully saturated rings. The maximum Gasteiger partial charge on any atom is 0.255 e. The van der Waals surface area contributed by atoms with Gasteiger partial charge in [-0.2, -0.15) is 0 Å². The molecule has 1 saturated heterocycles. The Labute approximate surface area is 148 Å². The van der Waals surface area contributed by atoms with Crippen LogP contribution in [0.1, 0.15) is 47.1 Å². The number of rotatable bonds is 5. The first-order chi connectivity index (χ1) is 12.1. The van der Waals surface area contributed by atoms with Crippen LogP contribution in [0.4, 0.5) is 5.82 Å². The van der Waals surface area contributed by atoms with Crippen molar-refractivity contribution in [3.63, 3.8) is 0 Å². The van der Waals surface area contributed by atoms with Crippen molar-refractivity contribution in [2.75, 3.05) is 24.5 Å². The minimum absolute atomic E-state index is 0.0758. The number of hydrogen-bond acceptors (Lipinski definition) is 5. The van der Waals surface area contributed by atoms with E-state index < -0.39 is 0 Å². The van der Waals surface area contributed by atoms with E-state index in [0.717, 1.165) is 42.3 Å². The smallest absolute Gasteiger partial charge is 0.255 e. The van der Waals surface area contributed by atoms with Gasteiger partial charge >= 0.3 is 0 Å². The van der Waals surface area contributed by atoms with Gasteiger partial charge in [0.05, 0.1) is 11.3 Å². The number of carbonyl (C=O) groups excluding carboxylic acids is 1. The Morgan fingerprint density at radius 2 is 2.28 bits per heavy atom. The lowest BCUT2D eigenvalue weighted by molar-refractivity contribution is 0.0954. The first-order valence-corrected chi connectivity index (χ1v) is 8.96. The summed E-state index contributed by atoms with van der Waals surface area (Å²) in [4.78, 5) is 19.4. The SMILES string of the molecule is Cc1noc(C)c1CCNC(=O)c1cccnc1N1CCCC(C)C1. The number of anilines is 1. The van der Waals surface area contributed by atoms with Gasteiger partial charge in [-0.3, -0.25) is 4.79 Å². The summed E-state index contributed by atoms with van der Waals surface area (Å²) < 4.78 is 5.17. The topological polar surface area (TPSA) is 71.3 Å². The van der Waals surface area contributed by atoms with Crippen molar-refractivity contribution in [1.29, 1.82) is 0 Å². The molecule has 0 spiro atoms. The van der Waals surface area contributed by atoms with Crippen molar-refractivity contribution >= 4 is 11.7 Å². The fourth-order valence-electron chi connectivity index (χ4n) is 3.46. The molecular weight excluding hydrogens is 316 g/mol. The van der Waals surface area contributed by atoms with Gasteiger partial charge in [0.2, 0.25) is 0 Å². The summed E-state index contributed by atoms with van der Waals surface area (Å²) in [6, 6.07) is 3.67. The monoisotopic (exact) mass is 342 g/mol. The summed E-state index contributed by atoms with van der Waals surface area (Å²) >= 11 is 0. The van der Waals surface area contributed by atoms with E-state index in [9.17, 15) is 4.79 Å². The molecule has 134 valence electrons. The number of nitrogens with zero attached hydrogens (tertiary/aromatic N) is 3. The van der Waals surface area contributed by atoms with Gasteiger partial charge in [0.15, 0.2) is 0 Å². The Balaban J connectivity index is 1.66. The van der Waals surface area contributed by atoms with Crippen LogP contribution in [0.2, 0.25) is 0 Å². The lowest BCUT2D eigenvalue weighted by Crippen LogP contribution is -2.37. The van der Waals surface area contributed by atoms with Gasteiger partial charge in [-0.15, -0.1) is 0 Å². The molecule has 6 heteroatoms. The lowest BCUT2D eigenvalue weighted by atomic mass is 10.00. The zero-order chi connectivity index (χ0) is 17.8. The number of amides is 1. The van der Waals surface area contributed by atoms with Crippen LogP contribution >= 0.6 is 0 Å². The van der Waals surface area contributed by atoms with Gasteiger partial charge in [0.25, 0.3) is 5.91 Å². The van der Waals surface area contributed by atoms with Crippen LogP contribution < -0.4 is 10.2 Å². The maximum atomic E-state index is 12.7. The van der Waals surface area contributed by atoms with Crippen LogP contribution in [-0.4, -0.2) is 35.7 Å². The zero-order valence-corrected chi connectivity index (χ0v) is 15.2. The van der Waals surface area contributed by atoms with Crippen LogP contribution in [0.25, 0.3) is 0 Å². The molecule has 1 N–H and O–H groups in total. The minimum atomic E-state index is -0.0758. The average molecular weight is 342 g/mol. The summed E-state index contributed by atoms with van der Waals surface area (Å²) in [5.74, 6) is 2.17. The molecule has 2 aromatic rings. The van der Waals surface area contributed by atoms with Crippen molar-refractivity contribution < 1.29 is 9.32 Å². The Morgan fingerprint density at radius 1 is 1.44 bits per heavy atom. The molecule has 0 saturated carbocycles. The van der Waals surface area contributed by atoms with Crippen molar-refractivity contribution in [2.45, 2.75) is 40.0 Å². The first-order valence-electron chi connectivity index (χ1n) is 8.96. The zero-order valence-electron chi connectivity index (χ0n) is 15.2. The van der Waals surface area contributed by atoms with E-state index in [1.54, 1.807) is 6.20 Å². The third kappa shape index (κ3) is 4.00. The number of hydrogen-bond donors (Lipinski definition) is 1. The highest BCUT2D eigenvalue weighted by Gasteiger charge is 2.22. The van der Waals surface area contributed by atoms with Gasteiger partial charge in [-0.25, -0.2) is 4.98 Å². The molecule has 1 atom stereocenters. The average Bonchev–Trinajstić information content (AvgIpc) is 2.93. The van der Waals surface area contributed by atoms with Crippen molar-refractivity contribution in [1.82, 2.24) is 15.5 Å². The first kappa shape index (κ1) is 17.5. The molecule has 1 aliphatic rings. The summed E-state index contributed by atoms with van der Waals surface area (Å²) in [5.41, 5.74) is 2.60. The van der Waals surface area contributed by atoms with Crippen LogP contribution in [-0.2, 0) is 6.42 Å². The van der Waals surface area contributed by atoms with Crippen LogP contribution in [0.3, 0.4) is 0 Å². The highest BCUT2D eigenvalue weighted by molar-refractivity contribution is 5.98. The van der Waals surface area contributed by atoms with Crippen molar-refractivity contribution in [3.05, 3.63) is 40.9 Å². The molecule has 0 aromatic carbocycles. The van der Waals surface area contributed by atoms with Crippen molar-refractivity contribution in [2.24, 2.45) is 5.92 Å². The van der Waals surface area contributed by atoms with Gasteiger partial charge in [-0.05, 0) is 51.2 Å². The second-order valence-corrected chi connectivity index (χ2v) is 6.88. The molecule has 3 heterocycles. The van der Waals surface area contributed by atoms with E-state index in [4.69, 9.17) is 4.52 Å². The predicted octanol–water partition coefficient (Wildman–Crippen LogP) is 2.90. The van der Waals surface area contributed by atoms with Crippen LogP contribution in [0.5, 0.6) is 0 Å². The quantitative estimate of drug-likeness (QED) is 0.904. The molecule has 25 heavy (non-hydrogen) atoms. The Bertz CT molecular complexity index is 721. The Morgan fingerprint density at radius 3 is 3.00 bits per heavy atom. The van der Waals surface area contributed by atoms with E-state index in [0.29, 0.717) is 24.4 Å². The Hall–Kier alpha value is -2.37. The molecule has 1 aliphatic heterocycles. The van der Waals surface area contributed by atoms with E-state index in [1.807, 2.05) is 26.0 Å².